The number of halogens is 2. The molecular weight excluding hydrogens is 291 g/mol. The standard InChI is InChI=1S/C11H10BrClN2O/c1-7-4-11(15-16-7)14-6-8-2-3-9(12)5-10(8)13/h2-5H,6H2,1H3,(H,14,15). The van der Waals surface area contributed by atoms with Gasteiger partial charge in [-0.3, -0.25) is 0 Å². The highest BCUT2D eigenvalue weighted by atomic mass is 79.9. The highest BCUT2D eigenvalue weighted by Gasteiger charge is 2.03. The third-order valence-corrected chi connectivity index (χ3v) is 2.95. The number of rotatable bonds is 3. The lowest BCUT2D eigenvalue weighted by atomic mass is 10.2. The van der Waals surface area contributed by atoms with Crippen LogP contribution >= 0.6 is 27.5 Å². The molecular formula is C11H10BrClN2O. The van der Waals surface area contributed by atoms with Gasteiger partial charge in [0.25, 0.3) is 0 Å². The smallest absolute Gasteiger partial charge is 0.169 e. The summed E-state index contributed by atoms with van der Waals surface area (Å²) in [5.74, 6) is 1.50. The summed E-state index contributed by atoms with van der Waals surface area (Å²) in [5.41, 5.74) is 1.02. The molecule has 1 aromatic carbocycles. The van der Waals surface area contributed by atoms with Crippen LogP contribution in [0.3, 0.4) is 0 Å². The fourth-order valence-electron chi connectivity index (χ4n) is 1.30. The summed E-state index contributed by atoms with van der Waals surface area (Å²) in [6, 6.07) is 7.63. The first kappa shape index (κ1) is 11.5. The van der Waals surface area contributed by atoms with Crippen LogP contribution in [0.2, 0.25) is 5.02 Å². The van der Waals surface area contributed by atoms with Gasteiger partial charge in [0, 0.05) is 22.1 Å². The summed E-state index contributed by atoms with van der Waals surface area (Å²) < 4.78 is 5.92. The van der Waals surface area contributed by atoms with Gasteiger partial charge < -0.3 is 9.84 Å². The van der Waals surface area contributed by atoms with E-state index in [-0.39, 0.29) is 0 Å². The summed E-state index contributed by atoms with van der Waals surface area (Å²) in [7, 11) is 0. The Morgan fingerprint density at radius 2 is 2.25 bits per heavy atom. The van der Waals surface area contributed by atoms with Crippen molar-refractivity contribution < 1.29 is 4.52 Å². The van der Waals surface area contributed by atoms with Crippen molar-refractivity contribution in [3.05, 3.63) is 45.1 Å². The predicted molar refractivity (Wildman–Crippen MR) is 67.7 cm³/mol. The summed E-state index contributed by atoms with van der Waals surface area (Å²) in [4.78, 5) is 0. The molecule has 5 heteroatoms. The van der Waals surface area contributed by atoms with Crippen molar-refractivity contribution >= 4 is 33.3 Å². The molecule has 0 radical (unpaired) electrons. The minimum atomic E-state index is 0.623. The van der Waals surface area contributed by atoms with E-state index >= 15 is 0 Å². The van der Waals surface area contributed by atoms with Gasteiger partial charge in [-0.2, -0.15) is 0 Å². The third kappa shape index (κ3) is 2.77. The molecule has 0 aliphatic rings. The van der Waals surface area contributed by atoms with Crippen molar-refractivity contribution in [2.45, 2.75) is 13.5 Å². The molecule has 1 N–H and O–H groups in total. The number of aromatic nitrogens is 1. The lowest BCUT2D eigenvalue weighted by molar-refractivity contribution is 0.399. The molecule has 2 rings (SSSR count). The average molecular weight is 302 g/mol. The molecule has 2 aromatic rings. The van der Waals surface area contributed by atoms with Crippen LogP contribution in [0.25, 0.3) is 0 Å². The first-order valence-corrected chi connectivity index (χ1v) is 5.93. The Balaban J connectivity index is 2.04. The van der Waals surface area contributed by atoms with Crippen LogP contribution < -0.4 is 5.32 Å². The van der Waals surface area contributed by atoms with Crippen molar-refractivity contribution in [1.82, 2.24) is 5.16 Å². The van der Waals surface area contributed by atoms with Gasteiger partial charge in [0.2, 0.25) is 0 Å². The van der Waals surface area contributed by atoms with Crippen molar-refractivity contribution in [2.24, 2.45) is 0 Å². The summed E-state index contributed by atoms with van der Waals surface area (Å²) >= 11 is 9.45. The van der Waals surface area contributed by atoms with Gasteiger partial charge in [-0.05, 0) is 24.6 Å². The Hall–Kier alpha value is -1.00. The van der Waals surface area contributed by atoms with Gasteiger partial charge >= 0.3 is 0 Å². The van der Waals surface area contributed by atoms with Crippen molar-refractivity contribution in [3.8, 4) is 0 Å². The number of anilines is 1. The number of nitrogens with zero attached hydrogens (tertiary/aromatic N) is 1. The second-order valence-corrected chi connectivity index (χ2v) is 4.73. The molecule has 0 bridgehead atoms. The lowest BCUT2D eigenvalue weighted by Gasteiger charge is -2.05. The van der Waals surface area contributed by atoms with Crippen LogP contribution in [0.1, 0.15) is 11.3 Å². The zero-order valence-corrected chi connectivity index (χ0v) is 11.0. The zero-order chi connectivity index (χ0) is 11.5. The van der Waals surface area contributed by atoms with Crippen LogP contribution in [-0.2, 0) is 6.54 Å². The van der Waals surface area contributed by atoms with Gasteiger partial charge in [-0.15, -0.1) is 0 Å². The molecule has 0 amide bonds. The third-order valence-electron chi connectivity index (χ3n) is 2.10. The predicted octanol–water partition coefficient (Wildman–Crippen LogP) is 4.01. The largest absolute Gasteiger partial charge is 0.363 e. The van der Waals surface area contributed by atoms with Gasteiger partial charge in [-0.25, -0.2) is 0 Å². The summed E-state index contributed by atoms with van der Waals surface area (Å²) in [6.07, 6.45) is 0. The molecule has 0 spiro atoms. The Labute approximate surface area is 107 Å². The van der Waals surface area contributed by atoms with Gasteiger partial charge in [-0.1, -0.05) is 38.8 Å². The molecule has 1 heterocycles. The van der Waals surface area contributed by atoms with E-state index in [1.54, 1.807) is 0 Å². The molecule has 0 unspecified atom stereocenters. The lowest BCUT2D eigenvalue weighted by Crippen LogP contribution is -1.99. The number of hydrogen-bond donors (Lipinski definition) is 1. The number of benzene rings is 1. The molecule has 0 saturated heterocycles. The molecule has 0 fully saturated rings. The van der Waals surface area contributed by atoms with Crippen LogP contribution in [0.15, 0.2) is 33.3 Å². The van der Waals surface area contributed by atoms with Crippen LogP contribution in [0.4, 0.5) is 5.82 Å². The van der Waals surface area contributed by atoms with Gasteiger partial charge in [0.05, 0.1) is 0 Å². The fraction of sp³-hybridized carbons (Fsp3) is 0.182. The molecule has 3 nitrogen and oxygen atoms in total. The Morgan fingerprint density at radius 1 is 1.44 bits per heavy atom. The van der Waals surface area contributed by atoms with Gasteiger partial charge in [0.15, 0.2) is 5.82 Å². The van der Waals surface area contributed by atoms with Crippen LogP contribution in [0.5, 0.6) is 0 Å². The van der Waals surface area contributed by atoms with E-state index in [1.807, 2.05) is 31.2 Å². The second-order valence-electron chi connectivity index (χ2n) is 3.41. The van der Waals surface area contributed by atoms with Crippen LogP contribution in [-0.4, -0.2) is 5.16 Å². The highest BCUT2D eigenvalue weighted by molar-refractivity contribution is 9.10. The molecule has 0 atom stereocenters. The quantitative estimate of drug-likeness (QED) is 0.931. The molecule has 84 valence electrons. The monoisotopic (exact) mass is 300 g/mol. The first-order valence-electron chi connectivity index (χ1n) is 4.76. The normalized spacial score (nSPS) is 10.4. The Morgan fingerprint density at radius 3 is 2.88 bits per heavy atom. The fourth-order valence-corrected chi connectivity index (χ4v) is 2.04. The van der Waals surface area contributed by atoms with E-state index < -0.39 is 0 Å². The SMILES string of the molecule is Cc1cc(NCc2ccc(Br)cc2Cl)no1. The topological polar surface area (TPSA) is 38.1 Å². The maximum Gasteiger partial charge on any atom is 0.169 e. The van der Waals surface area contributed by atoms with E-state index in [9.17, 15) is 0 Å². The van der Waals surface area contributed by atoms with E-state index in [0.717, 1.165) is 26.6 Å². The summed E-state index contributed by atoms with van der Waals surface area (Å²) in [6.45, 7) is 2.48. The molecule has 0 aliphatic carbocycles. The minimum Gasteiger partial charge on any atom is -0.363 e. The molecule has 16 heavy (non-hydrogen) atoms. The van der Waals surface area contributed by atoms with Crippen molar-refractivity contribution in [3.63, 3.8) is 0 Å². The minimum absolute atomic E-state index is 0.623. The zero-order valence-electron chi connectivity index (χ0n) is 8.63. The van der Waals surface area contributed by atoms with Gasteiger partial charge in [0.1, 0.15) is 5.76 Å². The Kier molecular flexibility index (Phi) is 3.51. The maximum atomic E-state index is 6.09. The Bertz CT molecular complexity index is 498. The van der Waals surface area contributed by atoms with E-state index in [0.29, 0.717) is 6.54 Å². The first-order chi connectivity index (χ1) is 7.65. The van der Waals surface area contributed by atoms with E-state index in [2.05, 4.69) is 26.4 Å². The number of aryl methyl sites for hydroxylation is 1. The molecule has 1 aromatic heterocycles. The van der Waals surface area contributed by atoms with Crippen LogP contribution in [0, 0.1) is 6.92 Å². The second kappa shape index (κ2) is 4.89. The number of nitrogens with one attached hydrogen (secondary N) is 1. The highest BCUT2D eigenvalue weighted by Crippen LogP contribution is 2.22. The van der Waals surface area contributed by atoms with Crippen molar-refractivity contribution in [1.29, 1.82) is 0 Å². The summed E-state index contributed by atoms with van der Waals surface area (Å²) in [5, 5.41) is 7.70. The van der Waals surface area contributed by atoms with Crippen molar-refractivity contribution in [2.75, 3.05) is 5.32 Å². The molecule has 0 aliphatic heterocycles. The number of hydrogen-bond acceptors (Lipinski definition) is 3. The van der Waals surface area contributed by atoms with E-state index in [1.165, 1.54) is 0 Å². The molecule has 0 saturated carbocycles. The van der Waals surface area contributed by atoms with E-state index in [4.69, 9.17) is 16.1 Å². The maximum absolute atomic E-state index is 6.09. The average Bonchev–Trinajstić information content (AvgIpc) is 2.63.